The SMILES string of the molecule is CNc1ncc2c(-c3cnc4nc(C)n(CC(F)F)c4n3)ccn2n1. The minimum absolute atomic E-state index is 0.336. The Balaban J connectivity index is 1.87. The topological polar surface area (TPSA) is 85.8 Å². The van der Waals surface area contributed by atoms with E-state index < -0.39 is 13.0 Å². The predicted octanol–water partition coefficient (Wildman–Crippen LogP) is 2.15. The van der Waals surface area contributed by atoms with E-state index in [9.17, 15) is 8.78 Å². The van der Waals surface area contributed by atoms with E-state index in [1.807, 2.05) is 6.07 Å². The molecule has 4 aromatic heterocycles. The average molecular weight is 344 g/mol. The van der Waals surface area contributed by atoms with Crippen molar-refractivity contribution >= 4 is 22.8 Å². The lowest BCUT2D eigenvalue weighted by atomic mass is 10.2. The maximum absolute atomic E-state index is 12.8. The van der Waals surface area contributed by atoms with Gasteiger partial charge in [-0.1, -0.05) is 0 Å². The highest BCUT2D eigenvalue weighted by molar-refractivity contribution is 5.80. The molecular weight excluding hydrogens is 330 g/mol. The van der Waals surface area contributed by atoms with Crippen molar-refractivity contribution in [3.8, 4) is 11.3 Å². The summed E-state index contributed by atoms with van der Waals surface area (Å²) in [6, 6.07) is 1.83. The Kier molecular flexibility index (Phi) is 3.52. The molecule has 8 nitrogen and oxygen atoms in total. The van der Waals surface area contributed by atoms with Gasteiger partial charge in [0.1, 0.15) is 5.82 Å². The fourth-order valence-corrected chi connectivity index (χ4v) is 2.72. The maximum atomic E-state index is 12.8. The van der Waals surface area contributed by atoms with Crippen molar-refractivity contribution in [2.75, 3.05) is 12.4 Å². The second-order valence-electron chi connectivity index (χ2n) is 5.45. The highest BCUT2D eigenvalue weighted by atomic mass is 19.3. The molecule has 0 bridgehead atoms. The van der Waals surface area contributed by atoms with Crippen LogP contribution >= 0.6 is 0 Å². The van der Waals surface area contributed by atoms with Gasteiger partial charge < -0.3 is 9.88 Å². The molecule has 0 saturated carbocycles. The summed E-state index contributed by atoms with van der Waals surface area (Å²) in [5.74, 6) is 0.943. The first kappa shape index (κ1) is 15.4. The first-order valence-electron chi connectivity index (χ1n) is 7.57. The average Bonchev–Trinajstić information content (AvgIpc) is 3.15. The Morgan fingerprint density at radius 2 is 2.04 bits per heavy atom. The van der Waals surface area contributed by atoms with Crippen molar-refractivity contribution in [2.45, 2.75) is 19.9 Å². The highest BCUT2D eigenvalue weighted by Crippen LogP contribution is 2.25. The number of aryl methyl sites for hydroxylation is 1. The van der Waals surface area contributed by atoms with Crippen molar-refractivity contribution in [1.29, 1.82) is 0 Å². The molecule has 4 rings (SSSR count). The summed E-state index contributed by atoms with van der Waals surface area (Å²) >= 11 is 0. The van der Waals surface area contributed by atoms with E-state index in [-0.39, 0.29) is 0 Å². The molecule has 25 heavy (non-hydrogen) atoms. The van der Waals surface area contributed by atoms with Crippen LogP contribution in [0.5, 0.6) is 0 Å². The fraction of sp³-hybridized carbons (Fsp3) is 0.267. The number of imidazole rings is 1. The van der Waals surface area contributed by atoms with Gasteiger partial charge in [-0.2, -0.15) is 0 Å². The molecule has 1 N–H and O–H groups in total. The summed E-state index contributed by atoms with van der Waals surface area (Å²) in [7, 11) is 1.73. The predicted molar refractivity (Wildman–Crippen MR) is 87.6 cm³/mol. The van der Waals surface area contributed by atoms with Crippen LogP contribution in [0.3, 0.4) is 0 Å². The highest BCUT2D eigenvalue weighted by Gasteiger charge is 2.16. The second kappa shape index (κ2) is 5.72. The second-order valence-corrected chi connectivity index (χ2v) is 5.45. The van der Waals surface area contributed by atoms with E-state index in [4.69, 9.17) is 0 Å². The van der Waals surface area contributed by atoms with Gasteiger partial charge in [-0.05, 0) is 13.0 Å². The zero-order valence-corrected chi connectivity index (χ0v) is 13.5. The molecule has 4 aromatic rings. The Labute approximate surface area is 140 Å². The summed E-state index contributed by atoms with van der Waals surface area (Å²) in [5.41, 5.74) is 2.73. The molecule has 4 heterocycles. The van der Waals surface area contributed by atoms with E-state index in [0.717, 1.165) is 11.1 Å². The smallest absolute Gasteiger partial charge is 0.256 e. The van der Waals surface area contributed by atoms with Gasteiger partial charge in [0, 0.05) is 18.8 Å². The van der Waals surface area contributed by atoms with Gasteiger partial charge in [-0.25, -0.2) is 33.2 Å². The molecule has 0 radical (unpaired) electrons. The number of nitrogens with zero attached hydrogens (tertiary/aromatic N) is 7. The van der Waals surface area contributed by atoms with Crippen molar-refractivity contribution in [3.05, 3.63) is 30.5 Å². The largest absolute Gasteiger partial charge is 0.356 e. The van der Waals surface area contributed by atoms with Crippen LogP contribution in [0.2, 0.25) is 0 Å². The molecule has 10 heteroatoms. The Morgan fingerprint density at radius 1 is 1.20 bits per heavy atom. The van der Waals surface area contributed by atoms with Gasteiger partial charge in [0.25, 0.3) is 6.43 Å². The first-order valence-corrected chi connectivity index (χ1v) is 7.57. The number of hydrogen-bond donors (Lipinski definition) is 1. The van der Waals surface area contributed by atoms with Crippen molar-refractivity contribution in [1.82, 2.24) is 34.1 Å². The third-order valence-electron chi connectivity index (χ3n) is 3.89. The van der Waals surface area contributed by atoms with E-state index in [0.29, 0.717) is 28.8 Å². The van der Waals surface area contributed by atoms with Crippen LogP contribution in [-0.2, 0) is 6.54 Å². The molecular formula is C15H14F2N8. The Bertz CT molecular complexity index is 1070. The minimum atomic E-state index is -2.50. The number of fused-ring (bicyclic) bond motifs is 2. The van der Waals surface area contributed by atoms with E-state index >= 15 is 0 Å². The van der Waals surface area contributed by atoms with Gasteiger partial charge in [-0.15, -0.1) is 5.10 Å². The summed E-state index contributed by atoms with van der Waals surface area (Å²) < 4.78 is 28.7. The monoisotopic (exact) mass is 344 g/mol. The van der Waals surface area contributed by atoms with Gasteiger partial charge in [0.2, 0.25) is 5.95 Å². The lowest BCUT2D eigenvalue weighted by molar-refractivity contribution is 0.127. The fourth-order valence-electron chi connectivity index (χ4n) is 2.72. The minimum Gasteiger partial charge on any atom is -0.356 e. The van der Waals surface area contributed by atoms with E-state index in [1.165, 1.54) is 4.57 Å². The number of hydrogen-bond acceptors (Lipinski definition) is 6. The van der Waals surface area contributed by atoms with Crippen LogP contribution in [0.15, 0.2) is 24.7 Å². The zero-order chi connectivity index (χ0) is 17.6. The normalized spacial score (nSPS) is 11.7. The summed E-state index contributed by atoms with van der Waals surface area (Å²) in [6.45, 7) is 1.19. The molecule has 0 aromatic carbocycles. The van der Waals surface area contributed by atoms with Gasteiger partial charge in [0.05, 0.1) is 30.1 Å². The molecule has 128 valence electrons. The quantitative estimate of drug-likeness (QED) is 0.610. The number of alkyl halides is 2. The molecule has 0 amide bonds. The number of rotatable bonds is 4. The van der Waals surface area contributed by atoms with Crippen molar-refractivity contribution in [2.24, 2.45) is 0 Å². The van der Waals surface area contributed by atoms with Crippen LogP contribution < -0.4 is 5.32 Å². The van der Waals surface area contributed by atoms with Crippen LogP contribution in [0.1, 0.15) is 5.82 Å². The number of nitrogens with one attached hydrogen (secondary N) is 1. The molecule has 0 atom stereocenters. The zero-order valence-electron chi connectivity index (χ0n) is 13.5. The van der Waals surface area contributed by atoms with Crippen LogP contribution in [-0.4, -0.2) is 47.6 Å². The summed E-state index contributed by atoms with van der Waals surface area (Å²) in [4.78, 5) is 17.2. The third kappa shape index (κ3) is 2.55. The van der Waals surface area contributed by atoms with Gasteiger partial charge in [0.15, 0.2) is 11.3 Å². The van der Waals surface area contributed by atoms with Gasteiger partial charge >= 0.3 is 0 Å². The number of anilines is 1. The molecule has 0 fully saturated rings. The van der Waals surface area contributed by atoms with Gasteiger partial charge in [-0.3, -0.25) is 0 Å². The number of halogens is 2. The van der Waals surface area contributed by atoms with Crippen molar-refractivity contribution in [3.63, 3.8) is 0 Å². The molecule has 0 saturated heterocycles. The lowest BCUT2D eigenvalue weighted by Gasteiger charge is -2.05. The lowest BCUT2D eigenvalue weighted by Crippen LogP contribution is -2.09. The molecule has 0 unspecified atom stereocenters. The summed E-state index contributed by atoms with van der Waals surface area (Å²) in [6.07, 6.45) is 2.52. The van der Waals surface area contributed by atoms with Crippen LogP contribution in [0, 0.1) is 6.92 Å². The van der Waals surface area contributed by atoms with Crippen molar-refractivity contribution < 1.29 is 8.78 Å². The Hall–Kier alpha value is -3.17. The number of aromatic nitrogens is 7. The molecule has 0 spiro atoms. The molecule has 0 aliphatic rings. The third-order valence-corrected chi connectivity index (χ3v) is 3.89. The standard InChI is InChI=1S/C15H14F2N8/c1-8-21-13-14(24(8)7-12(16)17)22-10(5-19-13)9-3-4-25-11(9)6-20-15(18-2)23-25/h3-6,12H,7H2,1-2H3,(H,18,23). The summed E-state index contributed by atoms with van der Waals surface area (Å²) in [5, 5.41) is 7.16. The molecule has 0 aliphatic carbocycles. The Morgan fingerprint density at radius 3 is 2.80 bits per heavy atom. The first-order chi connectivity index (χ1) is 12.1. The van der Waals surface area contributed by atoms with E-state index in [1.54, 1.807) is 37.1 Å². The maximum Gasteiger partial charge on any atom is 0.256 e. The molecule has 0 aliphatic heterocycles. The van der Waals surface area contributed by atoms with Crippen LogP contribution in [0.25, 0.3) is 28.1 Å². The van der Waals surface area contributed by atoms with Crippen LogP contribution in [0.4, 0.5) is 14.7 Å². The van der Waals surface area contributed by atoms with E-state index in [2.05, 4.69) is 30.4 Å².